The molecular weight excluding hydrogens is 260 g/mol. The molecular formula is C19H18O2. The van der Waals surface area contributed by atoms with E-state index in [1.54, 1.807) is 0 Å². The summed E-state index contributed by atoms with van der Waals surface area (Å²) in [5, 5.41) is 4.02. The number of hydrogen-bond acceptors (Lipinski definition) is 2. The Bertz CT molecular complexity index is 790. The van der Waals surface area contributed by atoms with Crippen molar-refractivity contribution in [3.63, 3.8) is 0 Å². The lowest BCUT2D eigenvalue weighted by molar-refractivity contribution is 0.112. The van der Waals surface area contributed by atoms with Gasteiger partial charge in [-0.2, -0.15) is 0 Å². The molecule has 2 nitrogen and oxygen atoms in total. The first kappa shape index (κ1) is 13.6. The highest BCUT2D eigenvalue weighted by molar-refractivity contribution is 6.14. The molecule has 0 radical (unpaired) electrons. The standard InChI is InChI=1S/C19H18O2/c1-2-3-11-21-18-10-6-8-15-12-14-7-4-5-9-16(14)17(13-20)19(15)18/h4-10,12-13H,2-3,11H2,1H3. The van der Waals surface area contributed by atoms with E-state index in [2.05, 4.69) is 13.0 Å². The normalized spacial score (nSPS) is 10.9. The van der Waals surface area contributed by atoms with Crippen LogP contribution in [0.5, 0.6) is 5.75 Å². The topological polar surface area (TPSA) is 26.3 Å². The third kappa shape index (κ3) is 2.49. The number of carbonyl (C=O) groups is 1. The fourth-order valence-corrected chi connectivity index (χ4v) is 2.70. The molecule has 0 atom stereocenters. The third-order valence-electron chi connectivity index (χ3n) is 3.76. The van der Waals surface area contributed by atoms with Gasteiger partial charge < -0.3 is 4.74 Å². The summed E-state index contributed by atoms with van der Waals surface area (Å²) >= 11 is 0. The summed E-state index contributed by atoms with van der Waals surface area (Å²) in [6.07, 6.45) is 3.05. The van der Waals surface area contributed by atoms with Gasteiger partial charge >= 0.3 is 0 Å². The first-order valence-corrected chi connectivity index (χ1v) is 7.37. The molecule has 0 amide bonds. The molecule has 0 bridgehead atoms. The van der Waals surface area contributed by atoms with E-state index >= 15 is 0 Å². The minimum Gasteiger partial charge on any atom is -0.493 e. The van der Waals surface area contributed by atoms with Crippen LogP contribution >= 0.6 is 0 Å². The van der Waals surface area contributed by atoms with E-state index in [-0.39, 0.29) is 0 Å². The van der Waals surface area contributed by atoms with Crippen LogP contribution in [0.1, 0.15) is 30.1 Å². The first-order chi connectivity index (χ1) is 10.3. The van der Waals surface area contributed by atoms with Gasteiger partial charge in [-0.1, -0.05) is 49.7 Å². The van der Waals surface area contributed by atoms with Gasteiger partial charge in [0.15, 0.2) is 6.29 Å². The first-order valence-electron chi connectivity index (χ1n) is 7.37. The van der Waals surface area contributed by atoms with Crippen LogP contribution in [-0.4, -0.2) is 12.9 Å². The van der Waals surface area contributed by atoms with Crippen LogP contribution in [0.15, 0.2) is 48.5 Å². The van der Waals surface area contributed by atoms with Gasteiger partial charge in [0.25, 0.3) is 0 Å². The highest BCUT2D eigenvalue weighted by atomic mass is 16.5. The van der Waals surface area contributed by atoms with Crippen LogP contribution in [0.2, 0.25) is 0 Å². The molecule has 2 heteroatoms. The van der Waals surface area contributed by atoms with E-state index in [4.69, 9.17) is 4.74 Å². The highest BCUT2D eigenvalue weighted by Crippen LogP contribution is 2.33. The molecule has 0 unspecified atom stereocenters. The summed E-state index contributed by atoms with van der Waals surface area (Å²) in [7, 11) is 0. The minimum atomic E-state index is 0.681. The maximum absolute atomic E-state index is 11.7. The zero-order valence-electron chi connectivity index (χ0n) is 12.1. The Kier molecular flexibility index (Phi) is 3.87. The summed E-state index contributed by atoms with van der Waals surface area (Å²) in [6, 6.07) is 16.0. The Morgan fingerprint density at radius 1 is 1.05 bits per heavy atom. The van der Waals surface area contributed by atoms with Gasteiger partial charge in [0.1, 0.15) is 5.75 Å². The Morgan fingerprint density at radius 2 is 1.86 bits per heavy atom. The van der Waals surface area contributed by atoms with E-state index in [0.717, 1.165) is 52.0 Å². The second-order valence-corrected chi connectivity index (χ2v) is 5.19. The molecule has 3 aromatic rings. The molecule has 0 aromatic heterocycles. The van der Waals surface area contributed by atoms with E-state index in [1.165, 1.54) is 0 Å². The predicted octanol–water partition coefficient (Wildman–Crippen LogP) is 4.98. The number of benzene rings is 3. The average Bonchev–Trinajstić information content (AvgIpc) is 2.53. The molecule has 0 N–H and O–H groups in total. The van der Waals surface area contributed by atoms with Crippen molar-refractivity contribution in [1.82, 2.24) is 0 Å². The molecule has 0 aliphatic heterocycles. The van der Waals surface area contributed by atoms with Crippen LogP contribution in [-0.2, 0) is 0 Å². The van der Waals surface area contributed by atoms with Crippen molar-refractivity contribution in [2.24, 2.45) is 0 Å². The Hall–Kier alpha value is -2.35. The van der Waals surface area contributed by atoms with Crippen molar-refractivity contribution in [3.05, 3.63) is 54.1 Å². The second kappa shape index (κ2) is 5.96. The van der Waals surface area contributed by atoms with Gasteiger partial charge in [0.2, 0.25) is 0 Å². The van der Waals surface area contributed by atoms with Crippen molar-refractivity contribution >= 4 is 27.8 Å². The molecule has 0 saturated carbocycles. The maximum Gasteiger partial charge on any atom is 0.151 e. The average molecular weight is 278 g/mol. The molecule has 3 aromatic carbocycles. The molecule has 0 aliphatic carbocycles. The SMILES string of the molecule is CCCCOc1cccc2cc3ccccc3c(C=O)c12. The van der Waals surface area contributed by atoms with Crippen LogP contribution in [0.25, 0.3) is 21.5 Å². The Morgan fingerprint density at radius 3 is 2.67 bits per heavy atom. The smallest absolute Gasteiger partial charge is 0.151 e. The predicted molar refractivity (Wildman–Crippen MR) is 87.2 cm³/mol. The molecule has 106 valence electrons. The molecule has 0 aliphatic rings. The van der Waals surface area contributed by atoms with E-state index in [1.807, 2.05) is 42.5 Å². The number of hydrogen-bond donors (Lipinski definition) is 0. The number of carbonyl (C=O) groups excluding carboxylic acids is 1. The van der Waals surface area contributed by atoms with Gasteiger partial charge in [-0.25, -0.2) is 0 Å². The fraction of sp³-hybridized carbons (Fsp3) is 0.211. The van der Waals surface area contributed by atoms with E-state index in [0.29, 0.717) is 6.61 Å². The van der Waals surface area contributed by atoms with Gasteiger partial charge in [0.05, 0.1) is 6.61 Å². The lowest BCUT2D eigenvalue weighted by atomic mass is 9.97. The molecule has 0 spiro atoms. The number of aldehydes is 1. The number of ether oxygens (including phenoxy) is 1. The quantitative estimate of drug-likeness (QED) is 0.373. The molecule has 0 fully saturated rings. The maximum atomic E-state index is 11.7. The van der Waals surface area contributed by atoms with Crippen LogP contribution < -0.4 is 4.74 Å². The molecule has 0 heterocycles. The summed E-state index contributed by atoms with van der Waals surface area (Å²) in [5.41, 5.74) is 0.718. The summed E-state index contributed by atoms with van der Waals surface area (Å²) in [4.78, 5) is 11.7. The Labute approximate surface area is 124 Å². The summed E-state index contributed by atoms with van der Waals surface area (Å²) < 4.78 is 5.89. The van der Waals surface area contributed by atoms with Gasteiger partial charge in [-0.15, -0.1) is 0 Å². The fourth-order valence-electron chi connectivity index (χ4n) is 2.70. The highest BCUT2D eigenvalue weighted by Gasteiger charge is 2.11. The zero-order chi connectivity index (χ0) is 14.7. The number of rotatable bonds is 5. The molecule has 21 heavy (non-hydrogen) atoms. The van der Waals surface area contributed by atoms with Crippen molar-refractivity contribution < 1.29 is 9.53 Å². The number of unbranched alkanes of at least 4 members (excludes halogenated alkanes) is 1. The van der Waals surface area contributed by atoms with Crippen molar-refractivity contribution in [2.75, 3.05) is 6.61 Å². The minimum absolute atomic E-state index is 0.681. The van der Waals surface area contributed by atoms with Crippen LogP contribution in [0, 0.1) is 0 Å². The summed E-state index contributed by atoms with van der Waals surface area (Å²) in [5.74, 6) is 0.800. The van der Waals surface area contributed by atoms with Crippen LogP contribution in [0.4, 0.5) is 0 Å². The lowest BCUT2D eigenvalue weighted by Crippen LogP contribution is -1.98. The number of fused-ring (bicyclic) bond motifs is 2. The van der Waals surface area contributed by atoms with Crippen molar-refractivity contribution in [2.45, 2.75) is 19.8 Å². The summed E-state index contributed by atoms with van der Waals surface area (Å²) in [6.45, 7) is 2.82. The van der Waals surface area contributed by atoms with E-state index < -0.39 is 0 Å². The zero-order valence-corrected chi connectivity index (χ0v) is 12.1. The molecule has 0 saturated heterocycles. The van der Waals surface area contributed by atoms with Gasteiger partial charge in [-0.3, -0.25) is 4.79 Å². The second-order valence-electron chi connectivity index (χ2n) is 5.19. The van der Waals surface area contributed by atoms with E-state index in [9.17, 15) is 4.79 Å². The Balaban J connectivity index is 2.25. The third-order valence-corrected chi connectivity index (χ3v) is 3.76. The largest absolute Gasteiger partial charge is 0.493 e. The monoisotopic (exact) mass is 278 g/mol. The van der Waals surface area contributed by atoms with Gasteiger partial charge in [-0.05, 0) is 34.7 Å². The van der Waals surface area contributed by atoms with Crippen LogP contribution in [0.3, 0.4) is 0 Å². The van der Waals surface area contributed by atoms with Gasteiger partial charge in [0, 0.05) is 10.9 Å². The van der Waals surface area contributed by atoms with Crippen molar-refractivity contribution in [3.8, 4) is 5.75 Å². The lowest BCUT2D eigenvalue weighted by Gasteiger charge is -2.12. The van der Waals surface area contributed by atoms with Crippen molar-refractivity contribution in [1.29, 1.82) is 0 Å². The molecule has 3 rings (SSSR count).